The molecule has 0 aliphatic rings. The maximum absolute atomic E-state index is 13.7. The van der Waals surface area contributed by atoms with E-state index in [1.165, 1.54) is 16.2 Å². The highest BCUT2D eigenvalue weighted by Gasteiger charge is 2.16. The van der Waals surface area contributed by atoms with Crippen molar-refractivity contribution in [3.05, 3.63) is 69.8 Å². The molecule has 3 rings (SSSR count). The molecule has 0 aliphatic carbocycles. The molecule has 1 atom stereocenters. The number of nitrogens with one attached hydrogen (secondary N) is 1. The molecular weight excluding hydrogens is 293 g/mol. The van der Waals surface area contributed by atoms with E-state index in [4.69, 9.17) is 11.6 Å². The highest BCUT2D eigenvalue weighted by atomic mass is 35.5. The lowest BCUT2D eigenvalue weighted by atomic mass is 9.98. The Morgan fingerprint density at radius 2 is 2.05 bits per heavy atom. The molecule has 0 saturated carbocycles. The summed E-state index contributed by atoms with van der Waals surface area (Å²) in [5.41, 5.74) is 2.03. The number of hydrogen-bond donors (Lipinski definition) is 1. The first-order valence-electron chi connectivity index (χ1n) is 6.29. The van der Waals surface area contributed by atoms with Gasteiger partial charge < -0.3 is 5.32 Å². The summed E-state index contributed by atoms with van der Waals surface area (Å²) in [6, 6.07) is 13.2. The Kier molecular flexibility index (Phi) is 3.74. The Hall–Kier alpha value is -1.42. The molecule has 0 bridgehead atoms. The van der Waals surface area contributed by atoms with Crippen LogP contribution < -0.4 is 5.32 Å². The molecule has 1 heterocycles. The van der Waals surface area contributed by atoms with Crippen LogP contribution in [0.5, 0.6) is 0 Å². The van der Waals surface area contributed by atoms with E-state index in [1.54, 1.807) is 17.4 Å². The summed E-state index contributed by atoms with van der Waals surface area (Å²) in [4.78, 5) is 0. The Morgan fingerprint density at radius 3 is 2.80 bits per heavy atom. The van der Waals surface area contributed by atoms with Crippen LogP contribution in [0.1, 0.15) is 17.2 Å². The fraction of sp³-hybridized carbons (Fsp3) is 0.125. The van der Waals surface area contributed by atoms with Crippen LogP contribution in [0.2, 0.25) is 5.02 Å². The lowest BCUT2D eigenvalue weighted by Crippen LogP contribution is -2.17. The van der Waals surface area contributed by atoms with Crippen LogP contribution in [0.3, 0.4) is 0 Å². The van der Waals surface area contributed by atoms with Gasteiger partial charge in [-0.25, -0.2) is 4.39 Å². The summed E-state index contributed by atoms with van der Waals surface area (Å²) >= 11 is 7.46. The van der Waals surface area contributed by atoms with Crippen molar-refractivity contribution in [2.45, 2.75) is 6.04 Å². The minimum absolute atomic E-state index is 0.0517. The van der Waals surface area contributed by atoms with Crippen molar-refractivity contribution >= 4 is 33.0 Å². The first-order chi connectivity index (χ1) is 9.70. The van der Waals surface area contributed by atoms with Gasteiger partial charge in [-0.05, 0) is 47.1 Å². The molecule has 102 valence electrons. The third kappa shape index (κ3) is 2.33. The van der Waals surface area contributed by atoms with Gasteiger partial charge in [-0.15, -0.1) is 11.3 Å². The summed E-state index contributed by atoms with van der Waals surface area (Å²) in [6.45, 7) is 0. The average molecular weight is 306 g/mol. The van der Waals surface area contributed by atoms with Gasteiger partial charge in [0.1, 0.15) is 5.82 Å². The Balaban J connectivity index is 2.13. The van der Waals surface area contributed by atoms with Crippen molar-refractivity contribution in [2.75, 3.05) is 7.05 Å². The molecule has 0 radical (unpaired) electrons. The van der Waals surface area contributed by atoms with Gasteiger partial charge in [0, 0.05) is 4.70 Å². The molecule has 1 nitrogen and oxygen atoms in total. The summed E-state index contributed by atoms with van der Waals surface area (Å²) in [5.74, 6) is -0.386. The van der Waals surface area contributed by atoms with E-state index in [-0.39, 0.29) is 16.9 Å². The number of hydrogen-bond acceptors (Lipinski definition) is 2. The minimum atomic E-state index is -0.386. The van der Waals surface area contributed by atoms with Crippen LogP contribution in [0.15, 0.2) is 47.8 Å². The normalized spacial score (nSPS) is 12.8. The van der Waals surface area contributed by atoms with Gasteiger partial charge in [0.15, 0.2) is 0 Å². The highest BCUT2D eigenvalue weighted by molar-refractivity contribution is 7.17. The van der Waals surface area contributed by atoms with E-state index >= 15 is 0 Å². The lowest BCUT2D eigenvalue weighted by molar-refractivity contribution is 0.618. The molecule has 0 amide bonds. The standard InChI is InChI=1S/C16H13ClFNS/c1-19-15(11-5-6-13(17)14(18)9-11)12-4-2-3-10-7-8-20-16(10)12/h2-9,15,19H,1H3. The van der Waals surface area contributed by atoms with Gasteiger partial charge in [0.2, 0.25) is 0 Å². The third-order valence-electron chi connectivity index (χ3n) is 3.39. The average Bonchev–Trinajstić information content (AvgIpc) is 2.93. The summed E-state index contributed by atoms with van der Waals surface area (Å²) in [6.07, 6.45) is 0. The second kappa shape index (κ2) is 5.52. The summed E-state index contributed by atoms with van der Waals surface area (Å²) in [7, 11) is 1.88. The molecule has 0 fully saturated rings. The van der Waals surface area contributed by atoms with E-state index in [2.05, 4.69) is 28.9 Å². The zero-order valence-corrected chi connectivity index (χ0v) is 12.4. The number of rotatable bonds is 3. The van der Waals surface area contributed by atoms with Crippen LogP contribution in [0, 0.1) is 5.82 Å². The SMILES string of the molecule is CNC(c1ccc(Cl)c(F)c1)c1cccc2ccsc12. The largest absolute Gasteiger partial charge is 0.309 e. The van der Waals surface area contributed by atoms with Gasteiger partial charge >= 0.3 is 0 Å². The maximum Gasteiger partial charge on any atom is 0.142 e. The van der Waals surface area contributed by atoms with Gasteiger partial charge in [0.25, 0.3) is 0 Å². The second-order valence-corrected chi connectivity index (χ2v) is 5.90. The molecule has 0 spiro atoms. The quantitative estimate of drug-likeness (QED) is 0.718. The predicted molar refractivity (Wildman–Crippen MR) is 84.1 cm³/mol. The van der Waals surface area contributed by atoms with Crippen molar-refractivity contribution in [1.29, 1.82) is 0 Å². The van der Waals surface area contributed by atoms with E-state index in [0.29, 0.717) is 0 Å². The second-order valence-electron chi connectivity index (χ2n) is 4.58. The van der Waals surface area contributed by atoms with Crippen LogP contribution in [0.4, 0.5) is 4.39 Å². The summed E-state index contributed by atoms with van der Waals surface area (Å²) < 4.78 is 14.9. The molecule has 0 saturated heterocycles. The van der Waals surface area contributed by atoms with Crippen LogP contribution in [-0.2, 0) is 0 Å². The van der Waals surface area contributed by atoms with E-state index in [0.717, 1.165) is 11.1 Å². The Bertz CT molecular complexity index is 753. The number of halogens is 2. The minimum Gasteiger partial charge on any atom is -0.309 e. The Labute approximate surface area is 126 Å². The molecular formula is C16H13ClFNS. The van der Waals surface area contributed by atoms with Gasteiger partial charge in [-0.3, -0.25) is 0 Å². The highest BCUT2D eigenvalue weighted by Crippen LogP contribution is 2.33. The summed E-state index contributed by atoms with van der Waals surface area (Å²) in [5, 5.41) is 6.69. The fourth-order valence-electron chi connectivity index (χ4n) is 2.44. The molecule has 0 aliphatic heterocycles. The Morgan fingerprint density at radius 1 is 1.20 bits per heavy atom. The molecule has 2 aromatic carbocycles. The number of fused-ring (bicyclic) bond motifs is 1. The van der Waals surface area contributed by atoms with E-state index in [1.807, 2.05) is 19.2 Å². The topological polar surface area (TPSA) is 12.0 Å². The van der Waals surface area contributed by atoms with Crippen molar-refractivity contribution in [3.8, 4) is 0 Å². The van der Waals surface area contributed by atoms with Crippen LogP contribution >= 0.6 is 22.9 Å². The van der Waals surface area contributed by atoms with E-state index < -0.39 is 0 Å². The molecule has 1 unspecified atom stereocenters. The molecule has 1 N–H and O–H groups in total. The lowest BCUT2D eigenvalue weighted by Gasteiger charge is -2.18. The monoisotopic (exact) mass is 305 g/mol. The molecule has 3 aromatic rings. The molecule has 20 heavy (non-hydrogen) atoms. The van der Waals surface area contributed by atoms with Crippen molar-refractivity contribution in [2.24, 2.45) is 0 Å². The predicted octanol–water partition coefficient (Wildman–Crippen LogP) is 5.00. The fourth-order valence-corrected chi connectivity index (χ4v) is 3.50. The van der Waals surface area contributed by atoms with Crippen molar-refractivity contribution in [3.63, 3.8) is 0 Å². The van der Waals surface area contributed by atoms with Crippen LogP contribution in [0.25, 0.3) is 10.1 Å². The first kappa shape index (κ1) is 13.6. The van der Waals surface area contributed by atoms with Crippen LogP contribution in [-0.4, -0.2) is 7.05 Å². The maximum atomic E-state index is 13.7. The molecule has 4 heteroatoms. The molecule has 1 aromatic heterocycles. The smallest absolute Gasteiger partial charge is 0.142 e. The van der Waals surface area contributed by atoms with Crippen molar-refractivity contribution in [1.82, 2.24) is 5.32 Å². The first-order valence-corrected chi connectivity index (χ1v) is 7.55. The number of benzene rings is 2. The van der Waals surface area contributed by atoms with Gasteiger partial charge in [-0.1, -0.05) is 35.9 Å². The van der Waals surface area contributed by atoms with Gasteiger partial charge in [-0.2, -0.15) is 0 Å². The van der Waals surface area contributed by atoms with Gasteiger partial charge in [0.05, 0.1) is 11.1 Å². The zero-order valence-electron chi connectivity index (χ0n) is 10.9. The number of thiophene rings is 1. The van der Waals surface area contributed by atoms with Crippen molar-refractivity contribution < 1.29 is 4.39 Å². The zero-order chi connectivity index (χ0) is 14.1. The third-order valence-corrected chi connectivity index (χ3v) is 4.67. The van der Waals surface area contributed by atoms with E-state index in [9.17, 15) is 4.39 Å².